The summed E-state index contributed by atoms with van der Waals surface area (Å²) >= 11 is 7.22. The molecule has 0 atom stereocenters. The van der Waals surface area contributed by atoms with Crippen LogP contribution < -0.4 is 0 Å². The van der Waals surface area contributed by atoms with Crippen molar-refractivity contribution >= 4 is 23.4 Å². The molecule has 0 aliphatic carbocycles. The average molecular weight is 137 g/mol. The number of halogens is 1. The summed E-state index contributed by atoms with van der Waals surface area (Å²) in [7, 11) is 0. The number of rotatable bonds is 1. The highest BCUT2D eigenvalue weighted by atomic mass is 35.5. The van der Waals surface area contributed by atoms with E-state index in [-0.39, 0.29) is 0 Å². The Morgan fingerprint density at radius 2 is 1.86 bits per heavy atom. The van der Waals surface area contributed by atoms with Crippen molar-refractivity contribution in [2.75, 3.05) is 6.26 Å². The molecule has 0 spiro atoms. The monoisotopic (exact) mass is 136 g/mol. The van der Waals surface area contributed by atoms with Crippen LogP contribution in [0.5, 0.6) is 0 Å². The van der Waals surface area contributed by atoms with E-state index in [1.165, 1.54) is 5.57 Å². The van der Waals surface area contributed by atoms with Crippen molar-refractivity contribution < 1.29 is 0 Å². The molecule has 0 N–H and O–H groups in total. The fourth-order valence-electron chi connectivity index (χ4n) is 0.204. The van der Waals surface area contributed by atoms with E-state index >= 15 is 0 Å². The van der Waals surface area contributed by atoms with E-state index in [0.29, 0.717) is 0 Å². The van der Waals surface area contributed by atoms with Crippen LogP contribution in [-0.2, 0) is 0 Å². The van der Waals surface area contributed by atoms with Gasteiger partial charge in [-0.25, -0.2) is 0 Å². The summed E-state index contributed by atoms with van der Waals surface area (Å²) in [6.45, 7) is 4.00. The zero-order valence-corrected chi connectivity index (χ0v) is 6.36. The topological polar surface area (TPSA) is 0 Å². The van der Waals surface area contributed by atoms with E-state index in [2.05, 4.69) is 0 Å². The van der Waals surface area contributed by atoms with Crippen LogP contribution >= 0.6 is 23.4 Å². The molecule has 0 aliphatic rings. The lowest BCUT2D eigenvalue weighted by Crippen LogP contribution is -1.64. The van der Waals surface area contributed by atoms with E-state index < -0.39 is 0 Å². The third-order valence-electron chi connectivity index (χ3n) is 0.572. The minimum absolute atomic E-state index is 0.903. The number of thioether (sulfide) groups is 1. The summed E-state index contributed by atoms with van der Waals surface area (Å²) in [4.78, 5) is 0. The molecule has 0 saturated heterocycles. The van der Waals surface area contributed by atoms with Gasteiger partial charge in [-0.15, -0.1) is 11.8 Å². The van der Waals surface area contributed by atoms with Gasteiger partial charge >= 0.3 is 0 Å². The zero-order chi connectivity index (χ0) is 5.86. The van der Waals surface area contributed by atoms with Crippen molar-refractivity contribution in [3.8, 4) is 0 Å². The molecule has 0 aromatic rings. The second-order valence-electron chi connectivity index (χ2n) is 1.48. The predicted octanol–water partition coefficient (Wildman–Crippen LogP) is 2.84. The maximum absolute atomic E-state index is 5.64. The number of hydrogen-bond donors (Lipinski definition) is 0. The Balaban J connectivity index is 3.72. The molecular formula is C5H9ClS. The lowest BCUT2D eigenvalue weighted by molar-refractivity contribution is 1.40. The van der Waals surface area contributed by atoms with Crippen LogP contribution in [0.15, 0.2) is 9.94 Å². The lowest BCUT2D eigenvalue weighted by atomic mass is 10.4. The molecule has 2 heteroatoms. The highest BCUT2D eigenvalue weighted by molar-refractivity contribution is 8.03. The fraction of sp³-hybridized carbons (Fsp3) is 0.600. The normalized spacial score (nSPS) is 8.57. The maximum atomic E-state index is 5.64. The molecule has 42 valence electrons. The molecule has 0 aromatic carbocycles. The van der Waals surface area contributed by atoms with Crippen molar-refractivity contribution in [1.82, 2.24) is 0 Å². The minimum atomic E-state index is 0.903. The Labute approximate surface area is 53.9 Å². The Hall–Kier alpha value is 0.380. The van der Waals surface area contributed by atoms with Crippen LogP contribution in [0.4, 0.5) is 0 Å². The number of allylic oxidation sites excluding steroid dienone is 1. The van der Waals surface area contributed by atoms with Crippen LogP contribution in [0.2, 0.25) is 0 Å². The van der Waals surface area contributed by atoms with Crippen LogP contribution in [0, 0.1) is 0 Å². The van der Waals surface area contributed by atoms with Gasteiger partial charge in [0.15, 0.2) is 0 Å². The molecule has 0 saturated carbocycles. The summed E-state index contributed by atoms with van der Waals surface area (Å²) < 4.78 is 0.903. The van der Waals surface area contributed by atoms with Crippen molar-refractivity contribution in [2.24, 2.45) is 0 Å². The second-order valence-corrected chi connectivity index (χ2v) is 2.90. The summed E-state index contributed by atoms with van der Waals surface area (Å²) in [6.07, 6.45) is 1.97. The minimum Gasteiger partial charge on any atom is -0.118 e. The summed E-state index contributed by atoms with van der Waals surface area (Å²) in [5, 5.41) is 0. The van der Waals surface area contributed by atoms with E-state index in [1.54, 1.807) is 11.8 Å². The summed E-state index contributed by atoms with van der Waals surface area (Å²) in [6, 6.07) is 0. The van der Waals surface area contributed by atoms with E-state index in [9.17, 15) is 0 Å². The molecular weight excluding hydrogens is 128 g/mol. The van der Waals surface area contributed by atoms with Crippen molar-refractivity contribution in [3.63, 3.8) is 0 Å². The van der Waals surface area contributed by atoms with Crippen LogP contribution in [0.25, 0.3) is 0 Å². The first-order valence-electron chi connectivity index (χ1n) is 2.05. The van der Waals surface area contributed by atoms with Crippen LogP contribution in [0.3, 0.4) is 0 Å². The molecule has 0 bridgehead atoms. The Morgan fingerprint density at radius 1 is 1.43 bits per heavy atom. The highest BCUT2D eigenvalue weighted by Crippen LogP contribution is 2.19. The SMILES string of the molecule is CSC(Cl)=C(C)C. The van der Waals surface area contributed by atoms with Gasteiger partial charge in [-0.3, -0.25) is 0 Å². The summed E-state index contributed by atoms with van der Waals surface area (Å²) in [5.41, 5.74) is 1.19. The molecule has 0 heterocycles. The maximum Gasteiger partial charge on any atom is 0.0718 e. The largest absolute Gasteiger partial charge is 0.118 e. The molecule has 0 radical (unpaired) electrons. The van der Waals surface area contributed by atoms with E-state index in [0.717, 1.165) is 4.36 Å². The van der Waals surface area contributed by atoms with Gasteiger partial charge in [-0.2, -0.15) is 0 Å². The van der Waals surface area contributed by atoms with Gasteiger partial charge < -0.3 is 0 Å². The smallest absolute Gasteiger partial charge is 0.0718 e. The van der Waals surface area contributed by atoms with Gasteiger partial charge in [-0.1, -0.05) is 17.2 Å². The Bertz CT molecular complexity index is 82.1. The van der Waals surface area contributed by atoms with Gasteiger partial charge in [0.25, 0.3) is 0 Å². The molecule has 0 fully saturated rings. The summed E-state index contributed by atoms with van der Waals surface area (Å²) in [5.74, 6) is 0. The van der Waals surface area contributed by atoms with Crippen LogP contribution in [-0.4, -0.2) is 6.26 Å². The number of hydrogen-bond acceptors (Lipinski definition) is 1. The third-order valence-corrected chi connectivity index (χ3v) is 2.18. The third kappa shape index (κ3) is 3.01. The van der Waals surface area contributed by atoms with Crippen molar-refractivity contribution in [2.45, 2.75) is 13.8 Å². The first kappa shape index (κ1) is 7.38. The molecule has 0 rings (SSSR count). The van der Waals surface area contributed by atoms with Gasteiger partial charge in [0.05, 0.1) is 4.36 Å². The Kier molecular flexibility index (Phi) is 3.57. The van der Waals surface area contributed by atoms with E-state index in [1.807, 2.05) is 20.1 Å². The lowest BCUT2D eigenvalue weighted by Gasteiger charge is -1.91. The highest BCUT2D eigenvalue weighted by Gasteiger charge is 1.86. The molecule has 0 aliphatic heterocycles. The van der Waals surface area contributed by atoms with Gasteiger partial charge in [0.2, 0.25) is 0 Å². The van der Waals surface area contributed by atoms with Gasteiger partial charge in [0, 0.05) is 0 Å². The molecule has 0 nitrogen and oxygen atoms in total. The predicted molar refractivity (Wildman–Crippen MR) is 37.7 cm³/mol. The molecule has 0 amide bonds. The standard InChI is InChI=1S/C5H9ClS/c1-4(2)5(6)7-3/h1-3H3. The molecule has 0 unspecified atom stereocenters. The zero-order valence-electron chi connectivity index (χ0n) is 4.79. The van der Waals surface area contributed by atoms with Crippen molar-refractivity contribution in [1.29, 1.82) is 0 Å². The van der Waals surface area contributed by atoms with Crippen LogP contribution in [0.1, 0.15) is 13.8 Å². The van der Waals surface area contributed by atoms with Gasteiger partial charge in [-0.05, 0) is 20.1 Å². The fourth-order valence-corrected chi connectivity index (χ4v) is 0.612. The Morgan fingerprint density at radius 3 is 1.86 bits per heavy atom. The molecule has 0 aromatic heterocycles. The van der Waals surface area contributed by atoms with Gasteiger partial charge in [0.1, 0.15) is 0 Å². The average Bonchev–Trinajstić information content (AvgIpc) is 1.65. The quantitative estimate of drug-likeness (QED) is 0.534. The second kappa shape index (κ2) is 3.39. The molecule has 7 heavy (non-hydrogen) atoms. The van der Waals surface area contributed by atoms with Crippen molar-refractivity contribution in [3.05, 3.63) is 9.94 Å². The first-order chi connectivity index (χ1) is 3.18. The first-order valence-corrected chi connectivity index (χ1v) is 3.65. The van der Waals surface area contributed by atoms with E-state index in [4.69, 9.17) is 11.6 Å².